The minimum absolute atomic E-state index is 0.439. The minimum atomic E-state index is 0.439. The van der Waals surface area contributed by atoms with E-state index in [9.17, 15) is 0 Å². The van der Waals surface area contributed by atoms with Gasteiger partial charge in [-0.2, -0.15) is 0 Å². The van der Waals surface area contributed by atoms with Crippen molar-refractivity contribution in [2.45, 2.75) is 45.6 Å². The molecule has 2 nitrogen and oxygen atoms in total. The van der Waals surface area contributed by atoms with Gasteiger partial charge in [-0.25, -0.2) is 0 Å². The molecule has 0 saturated heterocycles. The van der Waals surface area contributed by atoms with Crippen LogP contribution in [-0.4, -0.2) is 13.2 Å². The van der Waals surface area contributed by atoms with Crippen LogP contribution in [0, 0.1) is 0 Å². The van der Waals surface area contributed by atoms with Gasteiger partial charge in [0.1, 0.15) is 0 Å². The fraction of sp³-hybridized carbons (Fsp3) is 0.600. The van der Waals surface area contributed by atoms with E-state index in [1.54, 1.807) is 0 Å². The van der Waals surface area contributed by atoms with Crippen molar-refractivity contribution in [2.75, 3.05) is 13.2 Å². The second-order valence-corrected chi connectivity index (χ2v) is 4.64. The highest BCUT2D eigenvalue weighted by atomic mass is 16.5. The molecule has 1 aromatic carbocycles. The molecule has 17 heavy (non-hydrogen) atoms. The second kappa shape index (κ2) is 8.26. The van der Waals surface area contributed by atoms with E-state index < -0.39 is 0 Å². The number of rotatable bonds is 8. The molecule has 0 amide bonds. The lowest BCUT2D eigenvalue weighted by Crippen LogP contribution is -2.08. The smallest absolute Gasteiger partial charge is 0.0716 e. The fourth-order valence-electron chi connectivity index (χ4n) is 1.72. The molecule has 2 N–H and O–H groups in total. The summed E-state index contributed by atoms with van der Waals surface area (Å²) in [5.41, 5.74) is 8.20. The predicted molar refractivity (Wildman–Crippen MR) is 73.1 cm³/mol. The summed E-state index contributed by atoms with van der Waals surface area (Å²) in [5, 5.41) is 0. The molecule has 0 spiro atoms. The Morgan fingerprint density at radius 3 is 2.47 bits per heavy atom. The Balaban J connectivity index is 2.30. The van der Waals surface area contributed by atoms with Crippen molar-refractivity contribution < 1.29 is 4.74 Å². The van der Waals surface area contributed by atoms with Gasteiger partial charge in [0.05, 0.1) is 6.61 Å². The fourth-order valence-corrected chi connectivity index (χ4v) is 1.72. The molecule has 0 saturated carbocycles. The zero-order valence-electron chi connectivity index (χ0n) is 11.1. The van der Waals surface area contributed by atoms with E-state index in [1.165, 1.54) is 30.4 Å². The minimum Gasteiger partial charge on any atom is -0.377 e. The van der Waals surface area contributed by atoms with E-state index in [1.807, 2.05) is 0 Å². The van der Waals surface area contributed by atoms with Gasteiger partial charge in [-0.1, -0.05) is 51.0 Å². The highest BCUT2D eigenvalue weighted by Gasteiger charge is 2.02. The number of benzene rings is 1. The number of hydrogen-bond donors (Lipinski definition) is 1. The maximum Gasteiger partial charge on any atom is 0.0716 e. The van der Waals surface area contributed by atoms with E-state index in [2.05, 4.69) is 38.1 Å². The Hall–Kier alpha value is -0.860. The van der Waals surface area contributed by atoms with Crippen LogP contribution in [0.5, 0.6) is 0 Å². The number of hydrogen-bond acceptors (Lipinski definition) is 2. The van der Waals surface area contributed by atoms with Gasteiger partial charge in [-0.15, -0.1) is 0 Å². The summed E-state index contributed by atoms with van der Waals surface area (Å²) >= 11 is 0. The van der Waals surface area contributed by atoms with Crippen LogP contribution in [0.3, 0.4) is 0 Å². The molecular formula is C15H25NO. The molecule has 1 rings (SSSR count). The first-order valence-electron chi connectivity index (χ1n) is 6.64. The molecular weight excluding hydrogens is 210 g/mol. The molecule has 0 aliphatic heterocycles. The molecule has 1 atom stereocenters. The highest BCUT2D eigenvalue weighted by Crippen LogP contribution is 2.14. The standard InChI is InChI=1S/C15H25NO/c1-3-4-5-10-17-12-14-6-8-15(9-7-14)13(2)11-16/h6-9,13H,3-5,10-12,16H2,1-2H3. The average Bonchev–Trinajstić information content (AvgIpc) is 2.38. The average molecular weight is 235 g/mol. The first-order valence-corrected chi connectivity index (χ1v) is 6.64. The van der Waals surface area contributed by atoms with Crippen molar-refractivity contribution in [3.8, 4) is 0 Å². The molecule has 0 aliphatic rings. The van der Waals surface area contributed by atoms with Gasteiger partial charge in [0.15, 0.2) is 0 Å². The van der Waals surface area contributed by atoms with Crippen LogP contribution in [0.1, 0.15) is 50.2 Å². The molecule has 0 aromatic heterocycles. The lowest BCUT2D eigenvalue weighted by atomic mass is 10.0. The van der Waals surface area contributed by atoms with Gasteiger partial charge in [-0.05, 0) is 30.0 Å². The summed E-state index contributed by atoms with van der Waals surface area (Å²) < 4.78 is 5.62. The first kappa shape index (κ1) is 14.2. The lowest BCUT2D eigenvalue weighted by Gasteiger charge is -2.10. The van der Waals surface area contributed by atoms with Crippen LogP contribution in [0.2, 0.25) is 0 Å². The van der Waals surface area contributed by atoms with Crippen molar-refractivity contribution in [3.63, 3.8) is 0 Å². The normalized spacial score (nSPS) is 12.6. The van der Waals surface area contributed by atoms with Crippen LogP contribution in [0.25, 0.3) is 0 Å². The third kappa shape index (κ3) is 5.33. The van der Waals surface area contributed by atoms with Crippen LogP contribution in [0.4, 0.5) is 0 Å². The number of unbranched alkanes of at least 4 members (excludes halogenated alkanes) is 2. The van der Waals surface area contributed by atoms with Crippen molar-refractivity contribution in [1.29, 1.82) is 0 Å². The maximum atomic E-state index is 5.64. The Labute approximate surface area is 105 Å². The molecule has 0 radical (unpaired) electrons. The van der Waals surface area contributed by atoms with E-state index >= 15 is 0 Å². The van der Waals surface area contributed by atoms with Crippen LogP contribution >= 0.6 is 0 Å². The molecule has 1 aromatic rings. The topological polar surface area (TPSA) is 35.2 Å². The van der Waals surface area contributed by atoms with E-state index in [4.69, 9.17) is 10.5 Å². The van der Waals surface area contributed by atoms with Crippen LogP contribution in [0.15, 0.2) is 24.3 Å². The summed E-state index contributed by atoms with van der Waals surface area (Å²) in [6.45, 7) is 6.65. The SMILES string of the molecule is CCCCCOCc1ccc(C(C)CN)cc1. The largest absolute Gasteiger partial charge is 0.377 e. The summed E-state index contributed by atoms with van der Waals surface area (Å²) in [4.78, 5) is 0. The van der Waals surface area contributed by atoms with E-state index in [-0.39, 0.29) is 0 Å². The van der Waals surface area contributed by atoms with E-state index in [0.717, 1.165) is 13.2 Å². The zero-order valence-corrected chi connectivity index (χ0v) is 11.1. The molecule has 0 bridgehead atoms. The molecule has 0 aliphatic carbocycles. The van der Waals surface area contributed by atoms with Gasteiger partial charge < -0.3 is 10.5 Å². The summed E-state index contributed by atoms with van der Waals surface area (Å²) in [6.07, 6.45) is 3.67. The Bertz CT molecular complexity index is 294. The van der Waals surface area contributed by atoms with Gasteiger partial charge in [-0.3, -0.25) is 0 Å². The Morgan fingerprint density at radius 2 is 1.88 bits per heavy atom. The van der Waals surface area contributed by atoms with Gasteiger partial charge in [0.2, 0.25) is 0 Å². The van der Waals surface area contributed by atoms with Crippen molar-refractivity contribution in [3.05, 3.63) is 35.4 Å². The van der Waals surface area contributed by atoms with Gasteiger partial charge >= 0.3 is 0 Å². The van der Waals surface area contributed by atoms with Crippen molar-refractivity contribution in [1.82, 2.24) is 0 Å². The van der Waals surface area contributed by atoms with Crippen molar-refractivity contribution >= 4 is 0 Å². The van der Waals surface area contributed by atoms with Gasteiger partial charge in [0, 0.05) is 6.61 Å². The van der Waals surface area contributed by atoms with Gasteiger partial charge in [0.25, 0.3) is 0 Å². The van der Waals surface area contributed by atoms with E-state index in [0.29, 0.717) is 12.5 Å². The Kier molecular flexibility index (Phi) is 6.90. The second-order valence-electron chi connectivity index (χ2n) is 4.64. The van der Waals surface area contributed by atoms with Crippen molar-refractivity contribution in [2.24, 2.45) is 5.73 Å². The molecule has 1 unspecified atom stereocenters. The third-order valence-corrected chi connectivity index (χ3v) is 3.06. The zero-order chi connectivity index (χ0) is 12.5. The molecule has 0 fully saturated rings. The monoisotopic (exact) mass is 235 g/mol. The first-order chi connectivity index (χ1) is 8.27. The number of nitrogens with two attached hydrogens (primary N) is 1. The molecule has 2 heteroatoms. The molecule has 0 heterocycles. The maximum absolute atomic E-state index is 5.64. The highest BCUT2D eigenvalue weighted by molar-refractivity contribution is 5.24. The number of ether oxygens (including phenoxy) is 1. The summed E-state index contributed by atoms with van der Waals surface area (Å²) in [6, 6.07) is 8.59. The quantitative estimate of drug-likeness (QED) is 0.700. The van der Waals surface area contributed by atoms with Crippen LogP contribution < -0.4 is 5.73 Å². The summed E-state index contributed by atoms with van der Waals surface area (Å²) in [5.74, 6) is 0.439. The molecule has 96 valence electrons. The Morgan fingerprint density at radius 1 is 1.18 bits per heavy atom. The third-order valence-electron chi connectivity index (χ3n) is 3.06. The summed E-state index contributed by atoms with van der Waals surface area (Å²) in [7, 11) is 0. The lowest BCUT2D eigenvalue weighted by molar-refractivity contribution is 0.117. The predicted octanol–water partition coefficient (Wildman–Crippen LogP) is 3.46. The van der Waals surface area contributed by atoms with Crippen LogP contribution in [-0.2, 0) is 11.3 Å².